The van der Waals surface area contributed by atoms with E-state index in [4.69, 9.17) is 10.5 Å². The van der Waals surface area contributed by atoms with Crippen LogP contribution < -0.4 is 5.73 Å². The second kappa shape index (κ2) is 5.30. The quantitative estimate of drug-likeness (QED) is 0.857. The fourth-order valence-corrected chi connectivity index (χ4v) is 3.67. The van der Waals surface area contributed by atoms with Gasteiger partial charge in [0, 0.05) is 29.5 Å². The molecule has 3 heteroatoms. The Morgan fingerprint density at radius 3 is 3.00 bits per heavy atom. The van der Waals surface area contributed by atoms with Gasteiger partial charge in [-0.2, -0.15) is 0 Å². The van der Waals surface area contributed by atoms with Crippen LogP contribution in [0.15, 0.2) is 6.07 Å². The third-order valence-electron chi connectivity index (χ3n) is 3.48. The van der Waals surface area contributed by atoms with Gasteiger partial charge in [-0.25, -0.2) is 0 Å². The lowest BCUT2D eigenvalue weighted by Gasteiger charge is -2.18. The van der Waals surface area contributed by atoms with E-state index in [2.05, 4.69) is 13.0 Å². The maximum absolute atomic E-state index is 6.30. The van der Waals surface area contributed by atoms with Crippen molar-refractivity contribution in [1.29, 1.82) is 0 Å². The van der Waals surface area contributed by atoms with Crippen molar-refractivity contribution in [3.63, 3.8) is 0 Å². The predicted octanol–water partition coefficient (Wildman–Crippen LogP) is 2.91. The van der Waals surface area contributed by atoms with Crippen molar-refractivity contribution in [1.82, 2.24) is 0 Å². The number of methoxy groups -OCH3 is 1. The molecular weight excluding hydrogens is 218 g/mol. The number of hydrogen-bond donors (Lipinski definition) is 1. The first-order valence-electron chi connectivity index (χ1n) is 6.08. The zero-order valence-electron chi connectivity index (χ0n) is 10.2. The minimum absolute atomic E-state index is 0.186. The van der Waals surface area contributed by atoms with Gasteiger partial charge in [0.1, 0.15) is 0 Å². The molecule has 2 nitrogen and oxygen atoms in total. The van der Waals surface area contributed by atoms with Crippen LogP contribution in [-0.4, -0.2) is 13.7 Å². The SMILES string of the molecule is COCCC(C)C(N)c1cc2c(s1)CCC2. The summed E-state index contributed by atoms with van der Waals surface area (Å²) in [5.41, 5.74) is 7.85. The van der Waals surface area contributed by atoms with Crippen molar-refractivity contribution < 1.29 is 4.74 Å². The zero-order valence-corrected chi connectivity index (χ0v) is 11.0. The van der Waals surface area contributed by atoms with E-state index in [1.165, 1.54) is 24.1 Å². The van der Waals surface area contributed by atoms with Crippen LogP contribution in [0.25, 0.3) is 0 Å². The van der Waals surface area contributed by atoms with Crippen LogP contribution in [0.1, 0.15) is 41.1 Å². The molecule has 0 aromatic carbocycles. The lowest BCUT2D eigenvalue weighted by molar-refractivity contribution is 0.175. The first-order chi connectivity index (χ1) is 7.72. The lowest BCUT2D eigenvalue weighted by atomic mass is 9.98. The number of rotatable bonds is 5. The molecule has 0 aliphatic heterocycles. The van der Waals surface area contributed by atoms with Crippen LogP contribution in [0, 0.1) is 5.92 Å². The number of aryl methyl sites for hydroxylation is 2. The summed E-state index contributed by atoms with van der Waals surface area (Å²) in [5, 5.41) is 0. The van der Waals surface area contributed by atoms with Crippen molar-refractivity contribution in [3.05, 3.63) is 21.4 Å². The summed E-state index contributed by atoms with van der Waals surface area (Å²) >= 11 is 1.93. The largest absolute Gasteiger partial charge is 0.385 e. The number of fused-ring (bicyclic) bond motifs is 1. The van der Waals surface area contributed by atoms with E-state index < -0.39 is 0 Å². The smallest absolute Gasteiger partial charge is 0.0465 e. The molecule has 1 aliphatic carbocycles. The molecule has 16 heavy (non-hydrogen) atoms. The van der Waals surface area contributed by atoms with Crippen molar-refractivity contribution in [2.24, 2.45) is 11.7 Å². The molecule has 2 rings (SSSR count). The molecule has 0 fully saturated rings. The van der Waals surface area contributed by atoms with Gasteiger partial charge in [0.15, 0.2) is 0 Å². The monoisotopic (exact) mass is 239 g/mol. The highest BCUT2D eigenvalue weighted by atomic mass is 32.1. The van der Waals surface area contributed by atoms with Crippen LogP contribution >= 0.6 is 11.3 Å². The number of nitrogens with two attached hydrogens (primary N) is 1. The topological polar surface area (TPSA) is 35.2 Å². The van der Waals surface area contributed by atoms with Gasteiger partial charge >= 0.3 is 0 Å². The highest BCUT2D eigenvalue weighted by Gasteiger charge is 2.21. The Hall–Kier alpha value is -0.380. The maximum Gasteiger partial charge on any atom is 0.0465 e. The summed E-state index contributed by atoms with van der Waals surface area (Å²) in [6.45, 7) is 3.02. The fraction of sp³-hybridized carbons (Fsp3) is 0.692. The molecule has 0 saturated carbocycles. The number of ether oxygens (including phenoxy) is 1. The van der Waals surface area contributed by atoms with Gasteiger partial charge in [-0.3, -0.25) is 0 Å². The summed E-state index contributed by atoms with van der Waals surface area (Å²) in [5.74, 6) is 0.499. The minimum atomic E-state index is 0.186. The maximum atomic E-state index is 6.30. The van der Waals surface area contributed by atoms with Gasteiger partial charge in [-0.15, -0.1) is 11.3 Å². The summed E-state index contributed by atoms with van der Waals surface area (Å²) in [7, 11) is 1.75. The van der Waals surface area contributed by atoms with E-state index in [-0.39, 0.29) is 6.04 Å². The van der Waals surface area contributed by atoms with Crippen LogP contribution in [0.5, 0.6) is 0 Å². The molecule has 90 valence electrons. The molecule has 0 saturated heterocycles. The molecule has 0 amide bonds. The van der Waals surface area contributed by atoms with Crippen molar-refractivity contribution >= 4 is 11.3 Å². The van der Waals surface area contributed by atoms with Crippen LogP contribution in [0.2, 0.25) is 0 Å². The number of thiophene rings is 1. The molecule has 1 aromatic heterocycles. The Balaban J connectivity index is 2.00. The summed E-state index contributed by atoms with van der Waals surface area (Å²) in [6, 6.07) is 2.52. The highest BCUT2D eigenvalue weighted by Crippen LogP contribution is 2.35. The van der Waals surface area contributed by atoms with Gasteiger partial charge < -0.3 is 10.5 Å². The standard InChI is InChI=1S/C13H21NOS/c1-9(6-7-15-2)13(14)12-8-10-4-3-5-11(10)16-12/h8-9,13H,3-7,14H2,1-2H3. The van der Waals surface area contributed by atoms with E-state index >= 15 is 0 Å². The van der Waals surface area contributed by atoms with Crippen molar-refractivity contribution in [2.45, 2.75) is 38.6 Å². The Morgan fingerprint density at radius 1 is 1.50 bits per heavy atom. The van der Waals surface area contributed by atoms with E-state index in [0.717, 1.165) is 13.0 Å². The van der Waals surface area contributed by atoms with E-state index in [1.54, 1.807) is 17.6 Å². The molecule has 1 heterocycles. The van der Waals surface area contributed by atoms with E-state index in [9.17, 15) is 0 Å². The molecule has 1 aromatic rings. The first kappa shape index (κ1) is 12.1. The zero-order chi connectivity index (χ0) is 11.5. The average Bonchev–Trinajstić information content (AvgIpc) is 2.84. The van der Waals surface area contributed by atoms with Crippen LogP contribution in [0.4, 0.5) is 0 Å². The molecule has 2 unspecified atom stereocenters. The molecule has 2 N–H and O–H groups in total. The summed E-state index contributed by atoms with van der Waals surface area (Å²) in [4.78, 5) is 2.94. The Kier molecular flexibility index (Phi) is 4.00. The first-order valence-corrected chi connectivity index (χ1v) is 6.90. The van der Waals surface area contributed by atoms with E-state index in [0.29, 0.717) is 5.92 Å². The van der Waals surface area contributed by atoms with E-state index in [1.807, 2.05) is 11.3 Å². The van der Waals surface area contributed by atoms with Gasteiger partial charge in [0.25, 0.3) is 0 Å². The molecule has 0 bridgehead atoms. The van der Waals surface area contributed by atoms with Gasteiger partial charge in [0.2, 0.25) is 0 Å². The highest BCUT2D eigenvalue weighted by molar-refractivity contribution is 7.12. The van der Waals surface area contributed by atoms with Crippen LogP contribution in [0.3, 0.4) is 0 Å². The number of hydrogen-bond acceptors (Lipinski definition) is 3. The minimum Gasteiger partial charge on any atom is -0.385 e. The second-order valence-electron chi connectivity index (χ2n) is 4.74. The molecule has 1 aliphatic rings. The lowest BCUT2D eigenvalue weighted by Crippen LogP contribution is -2.19. The van der Waals surface area contributed by atoms with Gasteiger partial charge in [0.05, 0.1) is 0 Å². The molecule has 0 radical (unpaired) electrons. The molecule has 0 spiro atoms. The van der Waals surface area contributed by atoms with Crippen molar-refractivity contribution in [3.8, 4) is 0 Å². The normalized spacial score (nSPS) is 18.4. The predicted molar refractivity (Wildman–Crippen MR) is 68.9 cm³/mol. The van der Waals surface area contributed by atoms with Crippen LogP contribution in [-0.2, 0) is 17.6 Å². The van der Waals surface area contributed by atoms with Gasteiger partial charge in [-0.1, -0.05) is 6.92 Å². The van der Waals surface area contributed by atoms with Gasteiger partial charge in [-0.05, 0) is 43.2 Å². The Labute approximate surface area is 102 Å². The Morgan fingerprint density at radius 2 is 2.31 bits per heavy atom. The summed E-state index contributed by atoms with van der Waals surface area (Å²) < 4.78 is 5.11. The molecule has 2 atom stereocenters. The third-order valence-corrected chi connectivity index (χ3v) is 4.82. The Bertz CT molecular complexity index is 326. The average molecular weight is 239 g/mol. The molecular formula is C13H21NOS. The third kappa shape index (κ3) is 2.47. The fourth-order valence-electron chi connectivity index (χ4n) is 2.28. The summed E-state index contributed by atoms with van der Waals surface area (Å²) in [6.07, 6.45) is 4.89. The second-order valence-corrected chi connectivity index (χ2v) is 5.90. The van der Waals surface area contributed by atoms with Crippen molar-refractivity contribution in [2.75, 3.05) is 13.7 Å².